The van der Waals surface area contributed by atoms with Gasteiger partial charge in [0.05, 0.1) is 17.2 Å². The molecule has 2 amide bonds. The second-order valence-electron chi connectivity index (χ2n) is 3.41. The summed E-state index contributed by atoms with van der Waals surface area (Å²) in [5.74, 6) is -0.0807. The highest BCUT2D eigenvalue weighted by molar-refractivity contribution is 7.99. The molecule has 9 heteroatoms. The van der Waals surface area contributed by atoms with Gasteiger partial charge in [-0.15, -0.1) is 21.5 Å². The first-order valence-electron chi connectivity index (χ1n) is 5.66. The summed E-state index contributed by atoms with van der Waals surface area (Å²) in [5, 5.41) is 11.9. The summed E-state index contributed by atoms with van der Waals surface area (Å²) in [6.07, 6.45) is -0.761. The lowest BCUT2D eigenvalue weighted by molar-refractivity contribution is -0.117. The number of ether oxygens (including phenoxy) is 1. The van der Waals surface area contributed by atoms with E-state index < -0.39 is 12.0 Å². The number of carbonyl (C=O) groups excluding carboxylic acids is 2. The monoisotopic (exact) mass is 313 g/mol. The number of imide groups is 1. The second-order valence-corrected chi connectivity index (χ2v) is 5.28. The van der Waals surface area contributed by atoms with E-state index in [1.807, 2.05) is 17.5 Å². The Bertz CT molecular complexity index is 582. The number of rotatable bonds is 5. The van der Waals surface area contributed by atoms with Gasteiger partial charge in [-0.1, -0.05) is 17.8 Å². The van der Waals surface area contributed by atoms with E-state index in [0.29, 0.717) is 5.89 Å². The average molecular weight is 313 g/mol. The Balaban J connectivity index is 1.82. The van der Waals surface area contributed by atoms with Crippen molar-refractivity contribution in [1.29, 1.82) is 0 Å². The Kier molecular flexibility index (Phi) is 5.13. The first-order chi connectivity index (χ1) is 9.69. The van der Waals surface area contributed by atoms with Crippen LogP contribution in [0.5, 0.6) is 0 Å². The molecule has 2 rings (SSSR count). The van der Waals surface area contributed by atoms with E-state index in [1.165, 1.54) is 11.3 Å². The topological polar surface area (TPSA) is 94.3 Å². The quantitative estimate of drug-likeness (QED) is 0.845. The highest BCUT2D eigenvalue weighted by Gasteiger charge is 2.13. The fraction of sp³-hybridized carbons (Fsp3) is 0.273. The Morgan fingerprint density at radius 3 is 3.05 bits per heavy atom. The van der Waals surface area contributed by atoms with Crippen LogP contribution < -0.4 is 5.32 Å². The standard InChI is InChI=1S/C11H11N3O4S2/c1-2-17-10(16)12-8(15)6-20-11-14-13-9(18-11)7-4-3-5-19-7/h3-5H,2,6H2,1H3,(H,12,15,16). The minimum absolute atomic E-state index is 0.00904. The fourth-order valence-corrected chi connectivity index (χ4v) is 2.42. The van der Waals surface area contributed by atoms with Crippen molar-refractivity contribution in [2.45, 2.75) is 12.1 Å². The smallest absolute Gasteiger partial charge is 0.413 e. The van der Waals surface area contributed by atoms with Crippen molar-refractivity contribution < 1.29 is 18.7 Å². The molecule has 0 aromatic carbocycles. The van der Waals surface area contributed by atoms with Crippen LogP contribution >= 0.6 is 23.1 Å². The third-order valence-electron chi connectivity index (χ3n) is 1.98. The first-order valence-corrected chi connectivity index (χ1v) is 7.52. The van der Waals surface area contributed by atoms with Crippen molar-refractivity contribution in [3.8, 4) is 10.8 Å². The number of thiophene rings is 1. The maximum Gasteiger partial charge on any atom is 0.413 e. The molecule has 1 N–H and O–H groups in total. The number of hydrogen-bond acceptors (Lipinski definition) is 8. The van der Waals surface area contributed by atoms with Gasteiger partial charge in [0, 0.05) is 0 Å². The lowest BCUT2D eigenvalue weighted by atomic mass is 10.5. The molecule has 7 nitrogen and oxygen atoms in total. The molecule has 20 heavy (non-hydrogen) atoms. The molecule has 0 aliphatic heterocycles. The maximum atomic E-state index is 11.4. The molecule has 0 fully saturated rings. The molecule has 0 aliphatic rings. The normalized spacial score (nSPS) is 10.2. The predicted octanol–water partition coefficient (Wildman–Crippen LogP) is 2.16. The van der Waals surface area contributed by atoms with Gasteiger partial charge in [0.25, 0.3) is 11.1 Å². The SMILES string of the molecule is CCOC(=O)NC(=O)CSc1nnc(-c2cccs2)o1. The molecule has 0 saturated heterocycles. The molecule has 0 aliphatic carbocycles. The zero-order chi connectivity index (χ0) is 14.4. The number of carbonyl (C=O) groups is 2. The summed E-state index contributed by atoms with van der Waals surface area (Å²) in [6, 6.07) is 3.74. The minimum atomic E-state index is -0.761. The van der Waals surface area contributed by atoms with E-state index in [2.05, 4.69) is 20.3 Å². The van der Waals surface area contributed by atoms with Gasteiger partial charge in [0.2, 0.25) is 5.91 Å². The molecule has 0 spiro atoms. The number of nitrogens with zero attached hydrogens (tertiary/aromatic N) is 2. The van der Waals surface area contributed by atoms with Crippen LogP contribution in [0.4, 0.5) is 4.79 Å². The molecular weight excluding hydrogens is 302 g/mol. The number of nitrogens with one attached hydrogen (secondary N) is 1. The van der Waals surface area contributed by atoms with Crippen LogP contribution in [0.1, 0.15) is 6.92 Å². The predicted molar refractivity (Wildman–Crippen MR) is 73.5 cm³/mol. The Morgan fingerprint density at radius 2 is 2.35 bits per heavy atom. The summed E-state index contributed by atoms with van der Waals surface area (Å²) >= 11 is 2.53. The van der Waals surface area contributed by atoms with Gasteiger partial charge in [-0.2, -0.15) is 0 Å². The number of thioether (sulfide) groups is 1. The van der Waals surface area contributed by atoms with Gasteiger partial charge >= 0.3 is 6.09 Å². The van der Waals surface area contributed by atoms with Gasteiger partial charge in [0.15, 0.2) is 0 Å². The third kappa shape index (κ3) is 4.07. The summed E-state index contributed by atoms with van der Waals surface area (Å²) in [5.41, 5.74) is 0. The number of hydrogen-bond donors (Lipinski definition) is 1. The van der Waals surface area contributed by atoms with E-state index in [1.54, 1.807) is 6.92 Å². The van der Waals surface area contributed by atoms with E-state index in [9.17, 15) is 9.59 Å². The van der Waals surface area contributed by atoms with Crippen molar-refractivity contribution in [2.75, 3.05) is 12.4 Å². The molecule has 106 valence electrons. The molecule has 0 radical (unpaired) electrons. The van der Waals surface area contributed by atoms with Crippen molar-refractivity contribution in [1.82, 2.24) is 15.5 Å². The second kappa shape index (κ2) is 7.06. The first kappa shape index (κ1) is 14.5. The number of alkyl carbamates (subject to hydrolysis) is 1. The van der Waals surface area contributed by atoms with E-state index in [-0.39, 0.29) is 17.6 Å². The van der Waals surface area contributed by atoms with Crippen LogP contribution in [-0.4, -0.2) is 34.6 Å². The van der Waals surface area contributed by atoms with Crippen LogP contribution in [0, 0.1) is 0 Å². The highest BCUT2D eigenvalue weighted by atomic mass is 32.2. The van der Waals surface area contributed by atoms with Crippen LogP contribution in [0.25, 0.3) is 10.8 Å². The summed E-state index contributed by atoms with van der Waals surface area (Å²) in [4.78, 5) is 23.3. The summed E-state index contributed by atoms with van der Waals surface area (Å²) < 4.78 is 9.97. The van der Waals surface area contributed by atoms with Crippen molar-refractivity contribution in [2.24, 2.45) is 0 Å². The van der Waals surface area contributed by atoms with Gasteiger partial charge in [-0.3, -0.25) is 10.1 Å². The Labute approximate surface area is 122 Å². The highest BCUT2D eigenvalue weighted by Crippen LogP contribution is 2.26. The van der Waals surface area contributed by atoms with Crippen molar-refractivity contribution in [3.05, 3.63) is 17.5 Å². The van der Waals surface area contributed by atoms with Gasteiger partial charge in [-0.25, -0.2) is 4.79 Å². The molecule has 2 aromatic rings. The molecule has 0 bridgehead atoms. The van der Waals surface area contributed by atoms with Crippen LogP contribution in [-0.2, 0) is 9.53 Å². The van der Waals surface area contributed by atoms with Gasteiger partial charge in [-0.05, 0) is 18.4 Å². The van der Waals surface area contributed by atoms with Gasteiger partial charge < -0.3 is 9.15 Å². The molecular formula is C11H11N3O4S2. The van der Waals surface area contributed by atoms with Crippen LogP contribution in [0.15, 0.2) is 27.2 Å². The Morgan fingerprint density at radius 1 is 1.50 bits per heavy atom. The van der Waals surface area contributed by atoms with E-state index in [4.69, 9.17) is 4.42 Å². The molecule has 2 aromatic heterocycles. The third-order valence-corrected chi connectivity index (χ3v) is 3.66. The lowest BCUT2D eigenvalue weighted by Crippen LogP contribution is -2.32. The number of aromatic nitrogens is 2. The molecule has 0 saturated carbocycles. The average Bonchev–Trinajstić information content (AvgIpc) is 3.07. The zero-order valence-corrected chi connectivity index (χ0v) is 12.1. The lowest BCUT2D eigenvalue weighted by Gasteiger charge is -2.02. The minimum Gasteiger partial charge on any atom is -0.450 e. The van der Waals surface area contributed by atoms with Crippen molar-refractivity contribution in [3.63, 3.8) is 0 Å². The van der Waals surface area contributed by atoms with E-state index >= 15 is 0 Å². The Hall–Kier alpha value is -1.87. The van der Waals surface area contributed by atoms with Gasteiger partial charge in [0.1, 0.15) is 0 Å². The van der Waals surface area contributed by atoms with Crippen LogP contribution in [0.2, 0.25) is 0 Å². The molecule has 0 unspecified atom stereocenters. The maximum absolute atomic E-state index is 11.4. The number of amides is 2. The molecule has 2 heterocycles. The molecule has 0 atom stereocenters. The van der Waals surface area contributed by atoms with Crippen LogP contribution in [0.3, 0.4) is 0 Å². The summed E-state index contributed by atoms with van der Waals surface area (Å²) in [7, 11) is 0. The summed E-state index contributed by atoms with van der Waals surface area (Å²) in [6.45, 7) is 1.86. The van der Waals surface area contributed by atoms with E-state index in [0.717, 1.165) is 16.6 Å². The largest absolute Gasteiger partial charge is 0.450 e. The van der Waals surface area contributed by atoms with Crippen molar-refractivity contribution >= 4 is 35.1 Å². The fourth-order valence-electron chi connectivity index (χ4n) is 1.21. The zero-order valence-electron chi connectivity index (χ0n) is 10.5.